The number of aryl methyl sites for hydroxylation is 1. The number of nitrogens with one attached hydrogen (secondary N) is 2. The minimum Gasteiger partial charge on any atom is -0.338 e. The average Bonchev–Trinajstić information content (AvgIpc) is 3.03. The molecule has 2 amide bonds. The quantitative estimate of drug-likeness (QED) is 0.761. The molecule has 0 saturated heterocycles. The minimum atomic E-state index is -0.147. The van der Waals surface area contributed by atoms with E-state index in [1.165, 1.54) is 30.4 Å². The number of nitrogens with zero attached hydrogens (tertiary/aromatic N) is 3. The number of urea groups is 1. The van der Waals surface area contributed by atoms with Crippen LogP contribution in [0.15, 0.2) is 48.7 Å². The lowest BCUT2D eigenvalue weighted by Crippen LogP contribution is -2.37. The standard InChI is InChI=1S/C20H21N5O/c26-19(22-13-18-24-23-17-7-3-4-10-25(17)18)21-12-15-11-20(15)9-8-14-5-1-2-6-16(14)20/h1-7,10,15H,8-9,11-13H2,(H2,21,22,26)/t15-,20+/m1/s1. The zero-order valence-electron chi connectivity index (χ0n) is 14.5. The number of pyridine rings is 1. The van der Waals surface area contributed by atoms with Crippen molar-refractivity contribution in [1.82, 2.24) is 25.2 Å². The van der Waals surface area contributed by atoms with E-state index >= 15 is 0 Å². The van der Waals surface area contributed by atoms with Crippen LogP contribution in [0.4, 0.5) is 4.79 Å². The van der Waals surface area contributed by atoms with Gasteiger partial charge in [0.05, 0.1) is 6.54 Å². The number of hydrogen-bond donors (Lipinski definition) is 2. The Balaban J connectivity index is 1.16. The molecule has 1 saturated carbocycles. The number of benzene rings is 1. The Morgan fingerprint density at radius 1 is 1.15 bits per heavy atom. The van der Waals surface area contributed by atoms with E-state index in [9.17, 15) is 4.79 Å². The van der Waals surface area contributed by atoms with E-state index in [2.05, 4.69) is 45.1 Å². The van der Waals surface area contributed by atoms with Gasteiger partial charge < -0.3 is 10.6 Å². The highest BCUT2D eigenvalue weighted by molar-refractivity contribution is 5.73. The van der Waals surface area contributed by atoms with Gasteiger partial charge >= 0.3 is 6.03 Å². The molecule has 1 spiro atoms. The van der Waals surface area contributed by atoms with Crippen LogP contribution in [-0.2, 0) is 18.4 Å². The van der Waals surface area contributed by atoms with Crippen LogP contribution in [0.2, 0.25) is 0 Å². The molecular weight excluding hydrogens is 326 g/mol. The van der Waals surface area contributed by atoms with Crippen LogP contribution in [0.3, 0.4) is 0 Å². The van der Waals surface area contributed by atoms with Crippen molar-refractivity contribution in [3.63, 3.8) is 0 Å². The van der Waals surface area contributed by atoms with Crippen LogP contribution in [-0.4, -0.2) is 27.2 Å². The van der Waals surface area contributed by atoms with Crippen LogP contribution in [0.1, 0.15) is 29.8 Å². The second-order valence-corrected chi connectivity index (χ2v) is 7.32. The molecule has 26 heavy (non-hydrogen) atoms. The maximum atomic E-state index is 12.2. The number of amides is 2. The Hall–Kier alpha value is -2.89. The largest absolute Gasteiger partial charge is 0.338 e. The van der Waals surface area contributed by atoms with E-state index in [1.807, 2.05) is 28.8 Å². The van der Waals surface area contributed by atoms with Gasteiger partial charge in [-0.2, -0.15) is 0 Å². The Kier molecular flexibility index (Phi) is 3.45. The Bertz CT molecular complexity index is 981. The number of aromatic nitrogens is 3. The SMILES string of the molecule is O=C(NCc1nnc2ccccn12)NC[C@H]1C[C@@]12CCc1ccccc12. The molecule has 2 heterocycles. The van der Waals surface area contributed by atoms with Gasteiger partial charge in [0.15, 0.2) is 11.5 Å². The zero-order chi connectivity index (χ0) is 17.6. The molecule has 0 aliphatic heterocycles. The molecule has 2 atom stereocenters. The summed E-state index contributed by atoms with van der Waals surface area (Å²) in [6.07, 6.45) is 5.46. The molecule has 3 aromatic rings. The summed E-state index contributed by atoms with van der Waals surface area (Å²) in [6, 6.07) is 14.3. The van der Waals surface area contributed by atoms with Crippen molar-refractivity contribution in [1.29, 1.82) is 0 Å². The highest BCUT2D eigenvalue weighted by Gasteiger charge is 2.57. The third-order valence-corrected chi connectivity index (χ3v) is 5.93. The monoisotopic (exact) mass is 347 g/mol. The van der Waals surface area contributed by atoms with Gasteiger partial charge in [0.2, 0.25) is 0 Å². The second-order valence-electron chi connectivity index (χ2n) is 7.32. The number of carbonyl (C=O) groups excluding carboxylic acids is 1. The van der Waals surface area contributed by atoms with Gasteiger partial charge in [0, 0.05) is 18.2 Å². The van der Waals surface area contributed by atoms with Crippen LogP contribution in [0.25, 0.3) is 5.65 Å². The van der Waals surface area contributed by atoms with Crippen molar-refractivity contribution in [3.8, 4) is 0 Å². The Labute approximate surface area is 151 Å². The van der Waals surface area contributed by atoms with Crippen molar-refractivity contribution >= 4 is 11.7 Å². The fourth-order valence-electron chi connectivity index (χ4n) is 4.45. The van der Waals surface area contributed by atoms with Gasteiger partial charge in [-0.3, -0.25) is 4.40 Å². The maximum Gasteiger partial charge on any atom is 0.315 e. The van der Waals surface area contributed by atoms with Crippen molar-refractivity contribution in [2.45, 2.75) is 31.2 Å². The first kappa shape index (κ1) is 15.4. The predicted octanol–water partition coefficient (Wildman–Crippen LogP) is 2.43. The van der Waals surface area contributed by atoms with E-state index in [4.69, 9.17) is 0 Å². The van der Waals surface area contributed by atoms with Crippen molar-refractivity contribution in [2.75, 3.05) is 6.54 Å². The van der Waals surface area contributed by atoms with Crippen LogP contribution < -0.4 is 10.6 Å². The molecule has 1 aromatic carbocycles. The highest BCUT2D eigenvalue weighted by Crippen LogP contribution is 2.61. The molecule has 2 aliphatic rings. The van der Waals surface area contributed by atoms with Crippen molar-refractivity contribution in [3.05, 3.63) is 65.6 Å². The molecule has 6 heteroatoms. The van der Waals surface area contributed by atoms with E-state index in [0.29, 0.717) is 17.9 Å². The van der Waals surface area contributed by atoms with Gasteiger partial charge in [0.1, 0.15) is 0 Å². The summed E-state index contributed by atoms with van der Waals surface area (Å²) in [6.45, 7) is 1.08. The first-order valence-electron chi connectivity index (χ1n) is 9.15. The molecule has 1 fully saturated rings. The van der Waals surface area contributed by atoms with Crippen LogP contribution >= 0.6 is 0 Å². The molecule has 5 rings (SSSR count). The molecular formula is C20H21N5O. The maximum absolute atomic E-state index is 12.2. The molecule has 2 aliphatic carbocycles. The molecule has 0 radical (unpaired) electrons. The third-order valence-electron chi connectivity index (χ3n) is 5.93. The van der Waals surface area contributed by atoms with E-state index in [0.717, 1.165) is 18.0 Å². The average molecular weight is 347 g/mol. The highest BCUT2D eigenvalue weighted by atomic mass is 16.2. The summed E-state index contributed by atoms with van der Waals surface area (Å²) in [5.41, 5.74) is 4.08. The smallest absolute Gasteiger partial charge is 0.315 e. The lowest BCUT2D eigenvalue weighted by Gasteiger charge is -2.12. The van der Waals surface area contributed by atoms with Gasteiger partial charge in [-0.25, -0.2) is 4.79 Å². The number of hydrogen-bond acceptors (Lipinski definition) is 3. The zero-order valence-corrected chi connectivity index (χ0v) is 14.5. The molecule has 0 bridgehead atoms. The fraction of sp³-hybridized carbons (Fsp3) is 0.350. The van der Waals surface area contributed by atoms with Gasteiger partial charge in [-0.1, -0.05) is 30.3 Å². The first-order chi connectivity index (χ1) is 12.8. The Morgan fingerprint density at radius 3 is 3.00 bits per heavy atom. The van der Waals surface area contributed by atoms with E-state index < -0.39 is 0 Å². The summed E-state index contributed by atoms with van der Waals surface area (Å²) in [7, 11) is 0. The summed E-state index contributed by atoms with van der Waals surface area (Å²) in [4.78, 5) is 12.2. The third kappa shape index (κ3) is 2.44. The van der Waals surface area contributed by atoms with Crippen molar-refractivity contribution < 1.29 is 4.79 Å². The van der Waals surface area contributed by atoms with E-state index in [1.54, 1.807) is 0 Å². The predicted molar refractivity (Wildman–Crippen MR) is 97.8 cm³/mol. The lowest BCUT2D eigenvalue weighted by molar-refractivity contribution is 0.239. The first-order valence-corrected chi connectivity index (χ1v) is 9.15. The van der Waals surface area contributed by atoms with Crippen molar-refractivity contribution in [2.24, 2.45) is 5.92 Å². The summed E-state index contributed by atoms with van der Waals surface area (Å²) >= 11 is 0. The molecule has 0 unspecified atom stereocenters. The Morgan fingerprint density at radius 2 is 2.04 bits per heavy atom. The van der Waals surface area contributed by atoms with E-state index in [-0.39, 0.29) is 6.03 Å². The molecule has 6 nitrogen and oxygen atoms in total. The van der Waals surface area contributed by atoms with Gasteiger partial charge in [0.25, 0.3) is 0 Å². The number of carbonyl (C=O) groups is 1. The molecule has 132 valence electrons. The van der Waals surface area contributed by atoms with Gasteiger partial charge in [-0.15, -0.1) is 10.2 Å². The summed E-state index contributed by atoms with van der Waals surface area (Å²) < 4.78 is 1.88. The molecule has 2 aromatic heterocycles. The second kappa shape index (κ2) is 5.83. The van der Waals surface area contributed by atoms with Crippen LogP contribution in [0.5, 0.6) is 0 Å². The summed E-state index contributed by atoms with van der Waals surface area (Å²) in [5, 5.41) is 14.1. The van der Waals surface area contributed by atoms with Gasteiger partial charge in [-0.05, 0) is 48.4 Å². The lowest BCUT2D eigenvalue weighted by atomic mass is 9.95. The minimum absolute atomic E-state index is 0.147. The fourth-order valence-corrected chi connectivity index (χ4v) is 4.45. The number of rotatable bonds is 4. The molecule has 2 N–H and O–H groups in total. The summed E-state index contributed by atoms with van der Waals surface area (Å²) in [5.74, 6) is 1.27. The topological polar surface area (TPSA) is 71.3 Å². The van der Waals surface area contributed by atoms with Crippen LogP contribution in [0, 0.1) is 5.92 Å². The number of fused-ring (bicyclic) bond motifs is 3. The normalized spacial score (nSPS) is 23.2.